The number of amides is 3. The highest BCUT2D eigenvalue weighted by atomic mass is 16.5. The van der Waals surface area contributed by atoms with E-state index >= 15 is 0 Å². The molecule has 1 spiro atoms. The lowest BCUT2D eigenvalue weighted by Gasteiger charge is -2.41. The van der Waals surface area contributed by atoms with E-state index in [1.165, 1.54) is 0 Å². The first-order chi connectivity index (χ1) is 21.6. The molecule has 4 heterocycles. The number of likely N-dealkylation sites (tertiary alicyclic amines) is 1. The second-order valence-corrected chi connectivity index (χ2v) is 13.6. The molecule has 0 saturated carbocycles. The van der Waals surface area contributed by atoms with E-state index in [0.29, 0.717) is 32.5 Å². The van der Waals surface area contributed by atoms with Crippen LogP contribution in [0.25, 0.3) is 0 Å². The summed E-state index contributed by atoms with van der Waals surface area (Å²) in [5, 5.41) is 10.7. The van der Waals surface area contributed by atoms with Gasteiger partial charge in [-0.2, -0.15) is 0 Å². The number of hydrogen-bond donors (Lipinski definition) is 1. The van der Waals surface area contributed by atoms with Crippen LogP contribution in [0, 0.1) is 31.6 Å². The number of aliphatic hydroxyl groups excluding tert-OH is 1. The molecule has 4 aliphatic heterocycles. The molecule has 2 saturated heterocycles. The standard InChI is InChI=1S/C37H45N3O5/c1-6-36-16-10-18-38(22-27-12-8-7-9-13-27)33(42)30(36)31-34(43)40(28(23-41)20-24(2)3)32-35(44)39(19-11-17-37(31,32)45-36)29-21-25(4)14-15-26(29)5/h7-17,21,24,28,30-32,41H,6,18-20,22-23H2,1-5H3/t28-,30-,31+,32?,36+,37+/m1/s1. The first-order valence-corrected chi connectivity index (χ1v) is 16.3. The normalized spacial score (nSPS) is 30.0. The molecule has 238 valence electrons. The van der Waals surface area contributed by atoms with Crippen molar-refractivity contribution in [2.75, 3.05) is 24.6 Å². The van der Waals surface area contributed by atoms with Crippen molar-refractivity contribution >= 4 is 23.4 Å². The van der Waals surface area contributed by atoms with Crippen molar-refractivity contribution in [1.82, 2.24) is 9.80 Å². The number of carbonyl (C=O) groups excluding carboxylic acids is 3. The van der Waals surface area contributed by atoms with Gasteiger partial charge in [-0.05, 0) is 55.4 Å². The monoisotopic (exact) mass is 611 g/mol. The van der Waals surface area contributed by atoms with Crippen LogP contribution >= 0.6 is 0 Å². The minimum Gasteiger partial charge on any atom is -0.394 e. The predicted molar refractivity (Wildman–Crippen MR) is 173 cm³/mol. The first kappa shape index (κ1) is 31.2. The van der Waals surface area contributed by atoms with Gasteiger partial charge in [-0.25, -0.2) is 0 Å². The van der Waals surface area contributed by atoms with Gasteiger partial charge in [-0.15, -0.1) is 0 Å². The van der Waals surface area contributed by atoms with E-state index in [1.54, 1.807) is 14.7 Å². The molecule has 0 radical (unpaired) electrons. The van der Waals surface area contributed by atoms with E-state index in [4.69, 9.17) is 4.74 Å². The third-order valence-electron chi connectivity index (χ3n) is 10.2. The number of aryl methyl sites for hydroxylation is 2. The van der Waals surface area contributed by atoms with Gasteiger partial charge in [0.25, 0.3) is 5.91 Å². The van der Waals surface area contributed by atoms with Gasteiger partial charge in [0.05, 0.1) is 30.1 Å². The summed E-state index contributed by atoms with van der Waals surface area (Å²) in [7, 11) is 0. The van der Waals surface area contributed by atoms with Crippen LogP contribution in [-0.4, -0.2) is 75.6 Å². The van der Waals surface area contributed by atoms with Crippen molar-refractivity contribution in [3.8, 4) is 0 Å². The molecule has 1 unspecified atom stereocenters. The average Bonchev–Trinajstić information content (AvgIpc) is 3.32. The zero-order valence-electron chi connectivity index (χ0n) is 27.0. The van der Waals surface area contributed by atoms with Crippen molar-refractivity contribution in [2.24, 2.45) is 17.8 Å². The first-order valence-electron chi connectivity index (χ1n) is 16.3. The van der Waals surface area contributed by atoms with Crippen LogP contribution in [0.4, 0.5) is 5.69 Å². The maximum atomic E-state index is 15.0. The molecule has 6 rings (SSSR count). The molecule has 6 atom stereocenters. The lowest BCUT2D eigenvalue weighted by Crippen LogP contribution is -2.59. The molecule has 2 aromatic carbocycles. The zero-order valence-corrected chi connectivity index (χ0v) is 27.0. The SMILES string of the molecule is CC[C@]12C=CCN(Cc3ccccc3)C(=O)[C@H]1[C@H]1C(=O)N([C@@H](CO)CC(C)C)C3C(=O)N(c4cc(C)ccc4C)CC=C[C@@]31O2. The zero-order chi connectivity index (χ0) is 32.1. The lowest BCUT2D eigenvalue weighted by atomic mass is 9.73. The van der Waals surface area contributed by atoms with E-state index < -0.39 is 35.1 Å². The number of carbonyl (C=O) groups is 3. The van der Waals surface area contributed by atoms with Crippen LogP contribution in [0.1, 0.15) is 50.3 Å². The number of fused-ring (bicyclic) bond motifs is 2. The lowest BCUT2D eigenvalue weighted by molar-refractivity contribution is -0.153. The Kier molecular flexibility index (Phi) is 8.25. The number of ether oxygens (including phenoxy) is 1. The summed E-state index contributed by atoms with van der Waals surface area (Å²) in [5.41, 5.74) is 1.32. The van der Waals surface area contributed by atoms with E-state index in [0.717, 1.165) is 22.4 Å². The summed E-state index contributed by atoms with van der Waals surface area (Å²) in [5.74, 6) is -2.29. The second kappa shape index (κ2) is 11.9. The van der Waals surface area contributed by atoms with Crippen molar-refractivity contribution < 1.29 is 24.2 Å². The van der Waals surface area contributed by atoms with Gasteiger partial charge in [0, 0.05) is 25.3 Å². The molecule has 0 aromatic heterocycles. The topological polar surface area (TPSA) is 90.4 Å². The van der Waals surface area contributed by atoms with Crippen LogP contribution in [0.5, 0.6) is 0 Å². The van der Waals surface area contributed by atoms with Crippen LogP contribution in [0.3, 0.4) is 0 Å². The summed E-state index contributed by atoms with van der Waals surface area (Å²) in [6.45, 7) is 10.8. The number of anilines is 1. The molecule has 8 heteroatoms. The van der Waals surface area contributed by atoms with E-state index in [-0.39, 0.29) is 30.2 Å². The van der Waals surface area contributed by atoms with E-state index in [9.17, 15) is 19.5 Å². The van der Waals surface area contributed by atoms with Gasteiger partial charge in [-0.3, -0.25) is 14.4 Å². The molecule has 1 N–H and O–H groups in total. The molecule has 3 amide bonds. The maximum Gasteiger partial charge on any atom is 0.253 e. The third-order valence-corrected chi connectivity index (χ3v) is 10.2. The second-order valence-electron chi connectivity index (χ2n) is 13.6. The van der Waals surface area contributed by atoms with Gasteiger partial charge in [0.1, 0.15) is 11.6 Å². The molecular formula is C37H45N3O5. The fourth-order valence-electron chi connectivity index (χ4n) is 8.14. The Labute approximate surface area is 266 Å². The number of nitrogens with zero attached hydrogens (tertiary/aromatic N) is 3. The Morgan fingerprint density at radius 2 is 1.67 bits per heavy atom. The maximum absolute atomic E-state index is 15.0. The summed E-state index contributed by atoms with van der Waals surface area (Å²) in [4.78, 5) is 49.7. The number of aliphatic hydroxyl groups is 1. The van der Waals surface area contributed by atoms with Crippen LogP contribution in [0.2, 0.25) is 0 Å². The highest BCUT2D eigenvalue weighted by molar-refractivity contribution is 6.06. The number of hydrogen-bond acceptors (Lipinski definition) is 5. The number of rotatable bonds is 8. The molecule has 0 bridgehead atoms. The molecule has 0 aliphatic carbocycles. The minimum atomic E-state index is -1.37. The van der Waals surface area contributed by atoms with Gasteiger partial charge < -0.3 is 24.5 Å². The van der Waals surface area contributed by atoms with Crippen LogP contribution < -0.4 is 4.90 Å². The Bertz CT molecular complexity index is 1540. The van der Waals surface area contributed by atoms with Gasteiger partial charge in [0.2, 0.25) is 11.8 Å². The fraction of sp³-hybridized carbons (Fsp3) is 0.486. The fourth-order valence-corrected chi connectivity index (χ4v) is 8.14. The van der Waals surface area contributed by atoms with Crippen molar-refractivity contribution in [1.29, 1.82) is 0 Å². The van der Waals surface area contributed by atoms with E-state index in [1.807, 2.05) is 107 Å². The Morgan fingerprint density at radius 3 is 2.36 bits per heavy atom. The summed E-state index contributed by atoms with van der Waals surface area (Å²) < 4.78 is 7.14. The average molecular weight is 612 g/mol. The smallest absolute Gasteiger partial charge is 0.253 e. The Hall–Kier alpha value is -3.75. The molecule has 2 aromatic rings. The number of benzene rings is 2. The Morgan fingerprint density at radius 1 is 0.933 bits per heavy atom. The molecule has 8 nitrogen and oxygen atoms in total. The molecule has 4 aliphatic rings. The third kappa shape index (κ3) is 5.03. The van der Waals surface area contributed by atoms with Crippen LogP contribution in [0.15, 0.2) is 72.8 Å². The van der Waals surface area contributed by atoms with Gasteiger partial charge >= 0.3 is 0 Å². The van der Waals surface area contributed by atoms with E-state index in [2.05, 4.69) is 0 Å². The van der Waals surface area contributed by atoms with Crippen molar-refractivity contribution in [2.45, 2.75) is 77.3 Å². The minimum absolute atomic E-state index is 0.151. The van der Waals surface area contributed by atoms with Crippen LogP contribution in [-0.2, 0) is 25.7 Å². The summed E-state index contributed by atoms with van der Waals surface area (Å²) in [6.07, 6.45) is 8.73. The highest BCUT2D eigenvalue weighted by Crippen LogP contribution is 2.59. The Balaban J connectivity index is 1.50. The summed E-state index contributed by atoms with van der Waals surface area (Å²) in [6, 6.07) is 14.2. The predicted octanol–water partition coefficient (Wildman–Crippen LogP) is 4.57. The largest absolute Gasteiger partial charge is 0.394 e. The highest BCUT2D eigenvalue weighted by Gasteiger charge is 2.76. The van der Waals surface area contributed by atoms with Crippen molar-refractivity contribution in [3.63, 3.8) is 0 Å². The molecule has 45 heavy (non-hydrogen) atoms. The molecule has 2 fully saturated rings. The quantitative estimate of drug-likeness (QED) is 0.442. The van der Waals surface area contributed by atoms with Gasteiger partial charge in [0.15, 0.2) is 0 Å². The van der Waals surface area contributed by atoms with Gasteiger partial charge in [-0.1, -0.05) is 87.5 Å². The summed E-state index contributed by atoms with van der Waals surface area (Å²) >= 11 is 0. The molecular weight excluding hydrogens is 566 g/mol. The van der Waals surface area contributed by atoms with Crippen molar-refractivity contribution in [3.05, 3.63) is 89.5 Å².